The third kappa shape index (κ3) is 4.73. The Morgan fingerprint density at radius 1 is 1.16 bits per heavy atom. The number of nitrogens with zero attached hydrogens (tertiary/aromatic N) is 1. The second-order valence-electron chi connectivity index (χ2n) is 6.03. The summed E-state index contributed by atoms with van der Waals surface area (Å²) in [6.07, 6.45) is 1.36. The van der Waals surface area contributed by atoms with Crippen molar-refractivity contribution in [1.29, 1.82) is 5.26 Å². The minimum absolute atomic E-state index is 0.0558. The van der Waals surface area contributed by atoms with E-state index in [2.05, 4.69) is 5.32 Å². The molecule has 0 aliphatic carbocycles. The highest BCUT2D eigenvalue weighted by molar-refractivity contribution is 7.18. The SMILES string of the molecule is CCOC(=O)c1sc(N)c(C#N)c1COC(=O)c1ccccc1NC(=O)c1ccco1. The van der Waals surface area contributed by atoms with Gasteiger partial charge in [0.2, 0.25) is 0 Å². The van der Waals surface area contributed by atoms with Crippen LogP contribution in [0.15, 0.2) is 47.1 Å². The van der Waals surface area contributed by atoms with Crippen molar-refractivity contribution in [3.63, 3.8) is 0 Å². The third-order valence-electron chi connectivity index (χ3n) is 4.09. The number of nitrogen functional groups attached to an aromatic ring is 1. The molecule has 1 aromatic carbocycles. The van der Waals surface area contributed by atoms with Crippen LogP contribution in [0.4, 0.5) is 10.7 Å². The number of esters is 2. The molecule has 3 rings (SSSR count). The first-order valence-corrected chi connectivity index (χ1v) is 9.87. The summed E-state index contributed by atoms with van der Waals surface area (Å²) in [7, 11) is 0. The Labute approximate surface area is 181 Å². The molecule has 2 heterocycles. The normalized spacial score (nSPS) is 10.2. The van der Waals surface area contributed by atoms with Gasteiger partial charge < -0.3 is 24.9 Å². The highest BCUT2D eigenvalue weighted by atomic mass is 32.1. The van der Waals surface area contributed by atoms with Gasteiger partial charge in [0.05, 0.1) is 29.7 Å². The number of thiophene rings is 1. The van der Waals surface area contributed by atoms with E-state index in [1.165, 1.54) is 24.5 Å². The molecule has 0 aliphatic heterocycles. The van der Waals surface area contributed by atoms with Crippen LogP contribution in [-0.4, -0.2) is 24.5 Å². The predicted octanol–water partition coefficient (Wildman–Crippen LogP) is 3.58. The summed E-state index contributed by atoms with van der Waals surface area (Å²) < 4.78 is 15.4. The van der Waals surface area contributed by atoms with Crippen molar-refractivity contribution in [3.05, 3.63) is 70.0 Å². The van der Waals surface area contributed by atoms with Crippen molar-refractivity contribution in [1.82, 2.24) is 0 Å². The van der Waals surface area contributed by atoms with Crippen molar-refractivity contribution in [3.8, 4) is 6.07 Å². The molecule has 0 fully saturated rings. The lowest BCUT2D eigenvalue weighted by molar-refractivity contribution is 0.0453. The van der Waals surface area contributed by atoms with Gasteiger partial charge in [0.25, 0.3) is 5.91 Å². The first-order chi connectivity index (χ1) is 15.0. The molecule has 10 heteroatoms. The lowest BCUT2D eigenvalue weighted by Gasteiger charge is -2.11. The number of benzene rings is 1. The topological polar surface area (TPSA) is 145 Å². The number of ether oxygens (including phenoxy) is 2. The number of amides is 1. The number of para-hydroxylation sites is 1. The molecular weight excluding hydrogens is 422 g/mol. The molecule has 0 saturated heterocycles. The summed E-state index contributed by atoms with van der Waals surface area (Å²) in [5, 5.41) is 12.1. The molecule has 0 aliphatic rings. The van der Waals surface area contributed by atoms with Gasteiger partial charge >= 0.3 is 11.9 Å². The summed E-state index contributed by atoms with van der Waals surface area (Å²) >= 11 is 0.893. The smallest absolute Gasteiger partial charge is 0.348 e. The van der Waals surface area contributed by atoms with Gasteiger partial charge in [-0.1, -0.05) is 12.1 Å². The van der Waals surface area contributed by atoms with E-state index in [0.29, 0.717) is 0 Å². The van der Waals surface area contributed by atoms with Crippen LogP contribution in [0.25, 0.3) is 0 Å². The van der Waals surface area contributed by atoms with Crippen molar-refractivity contribution < 1.29 is 28.3 Å². The van der Waals surface area contributed by atoms with E-state index in [-0.39, 0.29) is 51.2 Å². The molecule has 3 N–H and O–H groups in total. The quantitative estimate of drug-likeness (QED) is 0.531. The van der Waals surface area contributed by atoms with Gasteiger partial charge in [-0.3, -0.25) is 4.79 Å². The minimum Gasteiger partial charge on any atom is -0.462 e. The number of carbonyl (C=O) groups is 3. The minimum atomic E-state index is -0.765. The molecule has 0 bridgehead atoms. The van der Waals surface area contributed by atoms with Crippen molar-refractivity contribution >= 4 is 39.9 Å². The van der Waals surface area contributed by atoms with Crippen LogP contribution < -0.4 is 11.1 Å². The molecule has 0 spiro atoms. The Bertz CT molecular complexity index is 1160. The van der Waals surface area contributed by atoms with E-state index < -0.39 is 17.8 Å². The second-order valence-corrected chi connectivity index (χ2v) is 7.09. The average Bonchev–Trinajstić information content (AvgIpc) is 3.40. The molecule has 0 atom stereocenters. The molecule has 1 amide bonds. The molecule has 9 nitrogen and oxygen atoms in total. The first-order valence-electron chi connectivity index (χ1n) is 9.05. The van der Waals surface area contributed by atoms with Gasteiger partial charge in [0, 0.05) is 5.56 Å². The van der Waals surface area contributed by atoms with Crippen LogP contribution in [0.2, 0.25) is 0 Å². The van der Waals surface area contributed by atoms with E-state index in [0.717, 1.165) is 11.3 Å². The van der Waals surface area contributed by atoms with Gasteiger partial charge in [0.15, 0.2) is 5.76 Å². The molecule has 0 unspecified atom stereocenters. The third-order valence-corrected chi connectivity index (χ3v) is 5.14. The number of rotatable bonds is 7. The van der Waals surface area contributed by atoms with Crippen LogP contribution >= 0.6 is 11.3 Å². The monoisotopic (exact) mass is 439 g/mol. The summed E-state index contributed by atoms with van der Waals surface area (Å²) in [5.41, 5.74) is 6.35. The zero-order valence-corrected chi connectivity index (χ0v) is 17.2. The van der Waals surface area contributed by atoms with Crippen LogP contribution in [0, 0.1) is 11.3 Å². The molecule has 3 aromatic rings. The van der Waals surface area contributed by atoms with Crippen LogP contribution in [0.3, 0.4) is 0 Å². The number of nitrogens with two attached hydrogens (primary N) is 1. The second kappa shape index (κ2) is 9.60. The van der Waals surface area contributed by atoms with E-state index >= 15 is 0 Å². The molecule has 158 valence electrons. The van der Waals surface area contributed by atoms with E-state index in [9.17, 15) is 19.6 Å². The zero-order chi connectivity index (χ0) is 22.4. The van der Waals surface area contributed by atoms with Gasteiger partial charge in [-0.15, -0.1) is 11.3 Å². The Balaban J connectivity index is 1.80. The molecular formula is C21H17N3O6S. The largest absolute Gasteiger partial charge is 0.462 e. The molecule has 2 aromatic heterocycles. The molecule has 0 radical (unpaired) electrons. The fourth-order valence-electron chi connectivity index (χ4n) is 2.68. The predicted molar refractivity (Wildman–Crippen MR) is 112 cm³/mol. The first kappa shape index (κ1) is 21.6. The fourth-order valence-corrected chi connectivity index (χ4v) is 3.60. The summed E-state index contributed by atoms with van der Waals surface area (Å²) in [5.74, 6) is -1.88. The summed E-state index contributed by atoms with van der Waals surface area (Å²) in [6, 6.07) is 11.2. The van der Waals surface area contributed by atoms with E-state index in [1.54, 1.807) is 25.1 Å². The number of hydrogen-bond donors (Lipinski definition) is 2. The maximum Gasteiger partial charge on any atom is 0.348 e. The van der Waals surface area contributed by atoms with Crippen molar-refractivity contribution in [2.24, 2.45) is 0 Å². The van der Waals surface area contributed by atoms with Gasteiger partial charge in [-0.05, 0) is 31.2 Å². The van der Waals surface area contributed by atoms with Crippen LogP contribution in [-0.2, 0) is 16.1 Å². The van der Waals surface area contributed by atoms with Crippen LogP contribution in [0.1, 0.15) is 48.6 Å². The van der Waals surface area contributed by atoms with Crippen molar-refractivity contribution in [2.45, 2.75) is 13.5 Å². The Morgan fingerprint density at radius 3 is 2.61 bits per heavy atom. The van der Waals surface area contributed by atoms with Crippen LogP contribution in [0.5, 0.6) is 0 Å². The Kier molecular flexibility index (Phi) is 6.69. The van der Waals surface area contributed by atoms with Gasteiger partial charge in [-0.25, -0.2) is 9.59 Å². The maximum absolute atomic E-state index is 12.7. The molecule has 31 heavy (non-hydrogen) atoms. The lowest BCUT2D eigenvalue weighted by Crippen LogP contribution is -2.16. The number of nitrogens with one attached hydrogen (secondary N) is 1. The number of hydrogen-bond acceptors (Lipinski definition) is 9. The highest BCUT2D eigenvalue weighted by Gasteiger charge is 2.25. The summed E-state index contributed by atoms with van der Waals surface area (Å²) in [4.78, 5) is 37.2. The number of carbonyl (C=O) groups excluding carboxylic acids is 3. The van der Waals surface area contributed by atoms with E-state index in [1.807, 2.05) is 6.07 Å². The van der Waals surface area contributed by atoms with Gasteiger partial charge in [0.1, 0.15) is 22.6 Å². The van der Waals surface area contributed by atoms with Crippen molar-refractivity contribution in [2.75, 3.05) is 17.7 Å². The Hall–Kier alpha value is -4.10. The van der Waals surface area contributed by atoms with E-state index in [4.69, 9.17) is 19.6 Å². The number of furan rings is 1. The molecule has 0 saturated carbocycles. The number of anilines is 2. The highest BCUT2D eigenvalue weighted by Crippen LogP contribution is 2.32. The number of nitriles is 1. The lowest BCUT2D eigenvalue weighted by atomic mass is 10.1. The fraction of sp³-hybridized carbons (Fsp3) is 0.143. The maximum atomic E-state index is 12.7. The average molecular weight is 439 g/mol. The van der Waals surface area contributed by atoms with Gasteiger partial charge in [-0.2, -0.15) is 5.26 Å². The summed E-state index contributed by atoms with van der Waals surface area (Å²) in [6.45, 7) is 1.41. The standard InChI is InChI=1S/C21H17N3O6S/c1-2-28-21(27)17-14(13(10-22)18(23)31-17)11-30-20(26)12-6-3-4-7-15(12)24-19(25)16-8-5-9-29-16/h3-9H,2,11,23H2,1H3,(H,24,25). The Morgan fingerprint density at radius 2 is 1.94 bits per heavy atom. The zero-order valence-electron chi connectivity index (χ0n) is 16.3.